The summed E-state index contributed by atoms with van der Waals surface area (Å²) in [5.41, 5.74) is 8.33. The molecule has 0 N–H and O–H groups in total. The Labute approximate surface area is 283 Å². The average molecular weight is 637 g/mol. The molecule has 0 unspecified atom stereocenters. The summed E-state index contributed by atoms with van der Waals surface area (Å²) in [6.45, 7) is -2.06. The standard InChI is InChI=1S/C41H27N7O/c1-45-24-46(36-12-3-2-11-35(36)45)25-7-4-8-26(19-25)49-27-14-15-28-29-9-5-13-37-40(29)48(38(28)20-27)41-30(10-6-17-44-41)32-22-43-23-33-31-21-42-18-16-34(31)47(37)39(32)33/h2-23H,24H2,1H3/i1D3. The van der Waals surface area contributed by atoms with Crippen LogP contribution in [0.3, 0.4) is 0 Å². The number of hydrogen-bond acceptors (Lipinski definition) is 6. The van der Waals surface area contributed by atoms with E-state index in [1.54, 1.807) is 0 Å². The van der Waals surface area contributed by atoms with Crippen molar-refractivity contribution < 1.29 is 8.85 Å². The summed E-state index contributed by atoms with van der Waals surface area (Å²) in [4.78, 5) is 17.6. The Balaban J connectivity index is 1.13. The molecule has 0 spiro atoms. The Morgan fingerprint density at radius 1 is 0.592 bits per heavy atom. The molecule has 232 valence electrons. The second-order valence-corrected chi connectivity index (χ2v) is 12.5. The van der Waals surface area contributed by atoms with Crippen molar-refractivity contribution in [2.75, 3.05) is 23.4 Å². The van der Waals surface area contributed by atoms with Crippen LogP contribution in [0.4, 0.5) is 17.1 Å². The fraction of sp³-hybridized carbons (Fsp3) is 0.0488. The molecule has 6 aromatic heterocycles. The smallest absolute Gasteiger partial charge is 0.145 e. The molecule has 4 aromatic carbocycles. The van der Waals surface area contributed by atoms with Gasteiger partial charge in [0.05, 0.1) is 45.6 Å². The summed E-state index contributed by atoms with van der Waals surface area (Å²) < 4.78 is 35.5. The lowest BCUT2D eigenvalue weighted by Crippen LogP contribution is -2.23. The van der Waals surface area contributed by atoms with Crippen LogP contribution in [-0.4, -0.2) is 37.4 Å². The number of rotatable bonds is 3. The van der Waals surface area contributed by atoms with Crippen LogP contribution in [0, 0.1) is 0 Å². The summed E-state index contributed by atoms with van der Waals surface area (Å²) in [5, 5.41) is 6.23. The molecule has 8 nitrogen and oxygen atoms in total. The minimum Gasteiger partial charge on any atom is -0.457 e. The van der Waals surface area contributed by atoms with E-state index in [1.807, 2.05) is 96.5 Å². The number of fused-ring (bicyclic) bond motifs is 11. The maximum atomic E-state index is 8.12. The van der Waals surface area contributed by atoms with Gasteiger partial charge in [0.2, 0.25) is 0 Å². The Morgan fingerprint density at radius 2 is 1.43 bits per heavy atom. The summed E-state index contributed by atoms with van der Waals surface area (Å²) in [6, 6.07) is 34.2. The van der Waals surface area contributed by atoms with Crippen molar-refractivity contribution in [3.05, 3.63) is 134 Å². The largest absolute Gasteiger partial charge is 0.457 e. The second-order valence-electron chi connectivity index (χ2n) is 12.5. The predicted molar refractivity (Wildman–Crippen MR) is 198 cm³/mol. The lowest BCUT2D eigenvalue weighted by atomic mass is 10.1. The second kappa shape index (κ2) is 9.68. The van der Waals surface area contributed by atoms with E-state index in [1.165, 1.54) is 4.90 Å². The first-order chi connectivity index (χ1) is 25.4. The van der Waals surface area contributed by atoms with Crippen LogP contribution in [-0.2, 0) is 0 Å². The van der Waals surface area contributed by atoms with Gasteiger partial charge in [-0.15, -0.1) is 0 Å². The van der Waals surface area contributed by atoms with E-state index in [2.05, 4.69) is 56.2 Å². The quantitative estimate of drug-likeness (QED) is 0.193. The van der Waals surface area contributed by atoms with Crippen molar-refractivity contribution in [1.29, 1.82) is 0 Å². The zero-order chi connectivity index (χ0) is 34.7. The van der Waals surface area contributed by atoms with Crippen LogP contribution in [0.5, 0.6) is 11.5 Å². The Bertz CT molecular complexity index is 3110. The van der Waals surface area contributed by atoms with Crippen LogP contribution in [0.15, 0.2) is 134 Å². The zero-order valence-corrected chi connectivity index (χ0v) is 25.9. The maximum Gasteiger partial charge on any atom is 0.145 e. The number of para-hydroxylation sites is 3. The highest BCUT2D eigenvalue weighted by atomic mass is 16.5. The molecular weight excluding hydrogens is 606 g/mol. The fourth-order valence-electron chi connectivity index (χ4n) is 7.81. The van der Waals surface area contributed by atoms with Gasteiger partial charge in [-0.3, -0.25) is 14.4 Å². The number of benzene rings is 4. The molecule has 11 rings (SSSR count). The van der Waals surface area contributed by atoms with Crippen molar-refractivity contribution >= 4 is 82.6 Å². The molecule has 0 amide bonds. The molecule has 10 aromatic rings. The number of ether oxygens (including phenoxy) is 1. The Morgan fingerprint density at radius 3 is 2.37 bits per heavy atom. The van der Waals surface area contributed by atoms with E-state index in [0.717, 1.165) is 76.9 Å². The molecule has 0 radical (unpaired) electrons. The third-order valence-corrected chi connectivity index (χ3v) is 9.85. The lowest BCUT2D eigenvalue weighted by molar-refractivity contribution is 0.483. The SMILES string of the molecule is [2H]C([2H])([2H])N1CN(c2cccc(Oc3ccc4c5cccc6c5n(c4c3)c3ncccc3c3cncc4c5cnccc5n6c43)c2)c2ccccc21. The molecule has 1 aliphatic heterocycles. The number of hydrogen-bond donors (Lipinski definition) is 0. The molecular formula is C41H27N7O. The number of aromatic nitrogens is 5. The molecule has 0 atom stereocenters. The van der Waals surface area contributed by atoms with E-state index in [-0.39, 0.29) is 6.67 Å². The monoisotopic (exact) mass is 636 g/mol. The van der Waals surface area contributed by atoms with Gasteiger partial charge in [-0.25, -0.2) is 4.98 Å². The summed E-state index contributed by atoms with van der Waals surface area (Å²) in [5.74, 6) is 1.30. The molecule has 0 saturated heterocycles. The molecule has 0 bridgehead atoms. The van der Waals surface area contributed by atoms with Crippen LogP contribution < -0.4 is 14.5 Å². The van der Waals surface area contributed by atoms with Crippen molar-refractivity contribution in [3.63, 3.8) is 0 Å². The van der Waals surface area contributed by atoms with E-state index in [9.17, 15) is 0 Å². The van der Waals surface area contributed by atoms with Gasteiger partial charge in [0.15, 0.2) is 0 Å². The van der Waals surface area contributed by atoms with Crippen molar-refractivity contribution in [1.82, 2.24) is 23.8 Å². The summed E-state index contributed by atoms with van der Waals surface area (Å²) >= 11 is 0. The first-order valence-electron chi connectivity index (χ1n) is 17.6. The molecule has 0 fully saturated rings. The van der Waals surface area contributed by atoms with Gasteiger partial charge in [0.25, 0.3) is 0 Å². The van der Waals surface area contributed by atoms with Crippen molar-refractivity contribution in [2.45, 2.75) is 0 Å². The van der Waals surface area contributed by atoms with Gasteiger partial charge >= 0.3 is 0 Å². The molecule has 7 heterocycles. The first kappa shape index (κ1) is 23.6. The summed E-state index contributed by atoms with van der Waals surface area (Å²) in [7, 11) is 0. The lowest BCUT2D eigenvalue weighted by Gasteiger charge is -2.20. The highest BCUT2D eigenvalue weighted by Gasteiger charge is 2.24. The van der Waals surface area contributed by atoms with Gasteiger partial charge in [-0.2, -0.15) is 0 Å². The predicted octanol–water partition coefficient (Wildman–Crippen LogP) is 9.48. The maximum absolute atomic E-state index is 8.12. The zero-order valence-electron chi connectivity index (χ0n) is 28.9. The van der Waals surface area contributed by atoms with Crippen LogP contribution in [0.1, 0.15) is 4.11 Å². The van der Waals surface area contributed by atoms with Gasteiger partial charge in [0, 0.05) is 92.2 Å². The van der Waals surface area contributed by atoms with E-state index >= 15 is 0 Å². The summed E-state index contributed by atoms with van der Waals surface area (Å²) in [6.07, 6.45) is 9.45. The number of anilines is 3. The third kappa shape index (κ3) is 3.60. The topological polar surface area (TPSA) is 63.2 Å². The number of pyridine rings is 3. The van der Waals surface area contributed by atoms with E-state index in [4.69, 9.17) is 18.8 Å². The van der Waals surface area contributed by atoms with Crippen molar-refractivity contribution in [2.24, 2.45) is 0 Å². The molecule has 0 saturated carbocycles. The normalized spacial score (nSPS) is 14.4. The van der Waals surface area contributed by atoms with Crippen LogP contribution >= 0.6 is 0 Å². The molecule has 1 aliphatic rings. The van der Waals surface area contributed by atoms with E-state index in [0.29, 0.717) is 17.2 Å². The van der Waals surface area contributed by atoms with Crippen LogP contribution in [0.25, 0.3) is 65.5 Å². The van der Waals surface area contributed by atoms with Gasteiger partial charge < -0.3 is 18.9 Å². The fourth-order valence-corrected chi connectivity index (χ4v) is 7.81. The van der Waals surface area contributed by atoms with Crippen LogP contribution in [0.2, 0.25) is 0 Å². The third-order valence-electron chi connectivity index (χ3n) is 9.85. The molecule has 8 heteroatoms. The van der Waals surface area contributed by atoms with Crippen molar-refractivity contribution in [3.8, 4) is 11.5 Å². The highest BCUT2D eigenvalue weighted by Crippen LogP contribution is 2.42. The molecule has 49 heavy (non-hydrogen) atoms. The van der Waals surface area contributed by atoms with E-state index < -0.39 is 6.98 Å². The van der Waals surface area contributed by atoms with Gasteiger partial charge in [-0.05, 0) is 60.7 Å². The first-order valence-corrected chi connectivity index (χ1v) is 16.1. The highest BCUT2D eigenvalue weighted by molar-refractivity contribution is 6.22. The number of nitrogens with zero attached hydrogens (tertiary/aromatic N) is 7. The minimum absolute atomic E-state index is 0.207. The van der Waals surface area contributed by atoms with Gasteiger partial charge in [-0.1, -0.05) is 30.3 Å². The van der Waals surface area contributed by atoms with Gasteiger partial charge in [0.1, 0.15) is 17.1 Å². The Hall–Kier alpha value is -6.67. The Kier molecular flexibility index (Phi) is 4.67. The molecule has 0 aliphatic carbocycles. The average Bonchev–Trinajstić information content (AvgIpc) is 3.83. The minimum atomic E-state index is -2.27.